The van der Waals surface area contributed by atoms with Gasteiger partial charge >= 0.3 is 0 Å². The van der Waals surface area contributed by atoms with Crippen molar-refractivity contribution in [2.75, 3.05) is 11.9 Å². The second-order valence-corrected chi connectivity index (χ2v) is 5.67. The molecule has 0 aliphatic heterocycles. The van der Waals surface area contributed by atoms with Crippen LogP contribution in [0.4, 0.5) is 5.13 Å². The lowest BCUT2D eigenvalue weighted by molar-refractivity contribution is 0.304. The van der Waals surface area contributed by atoms with Gasteiger partial charge in [-0.1, -0.05) is 17.4 Å². The van der Waals surface area contributed by atoms with Gasteiger partial charge in [0.1, 0.15) is 12.4 Å². The predicted octanol–water partition coefficient (Wildman–Crippen LogP) is 3.04. The number of fused-ring (bicyclic) bond motifs is 1. The Labute approximate surface area is 116 Å². The van der Waals surface area contributed by atoms with Crippen LogP contribution in [0.2, 0.25) is 0 Å². The Morgan fingerprint density at radius 1 is 1.26 bits per heavy atom. The molecule has 2 aromatic rings. The average molecular weight is 275 g/mol. The first-order valence-corrected chi connectivity index (χ1v) is 7.47. The van der Waals surface area contributed by atoms with E-state index in [2.05, 4.69) is 33.7 Å². The summed E-state index contributed by atoms with van der Waals surface area (Å²) in [7, 11) is 0. The summed E-state index contributed by atoms with van der Waals surface area (Å²) in [5.74, 6) is 0.931. The Morgan fingerprint density at radius 3 is 3.05 bits per heavy atom. The van der Waals surface area contributed by atoms with Gasteiger partial charge in [-0.15, -0.1) is 10.2 Å². The largest absolute Gasteiger partial charge is 0.486 e. The van der Waals surface area contributed by atoms with Gasteiger partial charge in [-0.05, 0) is 49.4 Å². The van der Waals surface area contributed by atoms with E-state index < -0.39 is 0 Å². The zero-order chi connectivity index (χ0) is 13.1. The van der Waals surface area contributed by atoms with Crippen molar-refractivity contribution in [1.82, 2.24) is 10.2 Å². The van der Waals surface area contributed by atoms with E-state index in [4.69, 9.17) is 4.74 Å². The molecule has 0 spiro atoms. The number of aromatic nitrogens is 2. The minimum absolute atomic E-state index is 0.488. The summed E-state index contributed by atoms with van der Waals surface area (Å²) >= 11 is 1.54. The molecule has 1 aliphatic rings. The standard InChI is InChI=1S/C14H17N3OS/c1-2-15-14-17-16-13(19-14)9-18-12-7-6-10-4-3-5-11(10)8-12/h6-8H,2-5,9H2,1H3,(H,15,17). The van der Waals surface area contributed by atoms with Crippen molar-refractivity contribution in [2.24, 2.45) is 0 Å². The van der Waals surface area contributed by atoms with Crippen LogP contribution in [0.5, 0.6) is 5.75 Å². The fourth-order valence-electron chi connectivity index (χ4n) is 2.32. The molecular weight excluding hydrogens is 258 g/mol. The molecule has 5 heteroatoms. The van der Waals surface area contributed by atoms with Crippen LogP contribution in [-0.4, -0.2) is 16.7 Å². The molecule has 19 heavy (non-hydrogen) atoms. The van der Waals surface area contributed by atoms with Crippen LogP contribution < -0.4 is 10.1 Å². The maximum absolute atomic E-state index is 5.79. The lowest BCUT2D eigenvalue weighted by atomic mass is 10.1. The van der Waals surface area contributed by atoms with Crippen LogP contribution in [0.3, 0.4) is 0 Å². The van der Waals surface area contributed by atoms with Crippen LogP contribution in [0, 0.1) is 0 Å². The molecule has 1 aromatic heterocycles. The molecule has 0 saturated carbocycles. The van der Waals surface area contributed by atoms with Crippen LogP contribution in [0.25, 0.3) is 0 Å². The summed E-state index contributed by atoms with van der Waals surface area (Å²) < 4.78 is 5.79. The maximum Gasteiger partial charge on any atom is 0.205 e. The first-order chi connectivity index (χ1) is 9.35. The normalized spacial score (nSPS) is 13.3. The number of aryl methyl sites for hydroxylation is 2. The van der Waals surface area contributed by atoms with Crippen molar-refractivity contribution in [3.8, 4) is 5.75 Å². The lowest BCUT2D eigenvalue weighted by Gasteiger charge is -2.06. The van der Waals surface area contributed by atoms with Gasteiger partial charge in [0.2, 0.25) is 5.13 Å². The van der Waals surface area contributed by atoms with Crippen molar-refractivity contribution in [1.29, 1.82) is 0 Å². The summed E-state index contributed by atoms with van der Waals surface area (Å²) in [6, 6.07) is 6.40. The van der Waals surface area contributed by atoms with Gasteiger partial charge in [0, 0.05) is 6.54 Å². The zero-order valence-corrected chi connectivity index (χ0v) is 11.8. The first-order valence-electron chi connectivity index (χ1n) is 6.66. The van der Waals surface area contributed by atoms with Gasteiger partial charge in [0.15, 0.2) is 5.01 Å². The van der Waals surface area contributed by atoms with Gasteiger partial charge in [-0.25, -0.2) is 0 Å². The third-order valence-electron chi connectivity index (χ3n) is 3.23. The summed E-state index contributed by atoms with van der Waals surface area (Å²) in [4.78, 5) is 0. The summed E-state index contributed by atoms with van der Waals surface area (Å²) in [6.07, 6.45) is 3.65. The van der Waals surface area contributed by atoms with E-state index in [1.807, 2.05) is 6.92 Å². The Bertz CT molecular complexity index is 568. The average Bonchev–Trinajstić information content (AvgIpc) is 3.04. The van der Waals surface area contributed by atoms with E-state index in [0.717, 1.165) is 22.4 Å². The van der Waals surface area contributed by atoms with E-state index in [9.17, 15) is 0 Å². The van der Waals surface area contributed by atoms with E-state index in [0.29, 0.717) is 6.61 Å². The number of benzene rings is 1. The highest BCUT2D eigenvalue weighted by Crippen LogP contribution is 2.26. The number of hydrogen-bond donors (Lipinski definition) is 1. The highest BCUT2D eigenvalue weighted by molar-refractivity contribution is 7.15. The summed E-state index contributed by atoms with van der Waals surface area (Å²) in [6.45, 7) is 3.39. The maximum atomic E-state index is 5.79. The molecule has 1 N–H and O–H groups in total. The molecule has 0 bridgehead atoms. The van der Waals surface area contributed by atoms with Crippen LogP contribution in [-0.2, 0) is 19.4 Å². The molecule has 0 fully saturated rings. The molecule has 0 amide bonds. The first kappa shape index (κ1) is 12.4. The molecule has 0 unspecified atom stereocenters. The highest BCUT2D eigenvalue weighted by atomic mass is 32.1. The minimum Gasteiger partial charge on any atom is -0.486 e. The Hall–Kier alpha value is -1.62. The molecule has 3 rings (SSSR count). The summed E-state index contributed by atoms with van der Waals surface area (Å²) in [5, 5.41) is 13.1. The highest BCUT2D eigenvalue weighted by Gasteiger charge is 2.11. The third-order valence-corrected chi connectivity index (χ3v) is 4.08. The molecule has 1 aliphatic carbocycles. The van der Waals surface area contributed by atoms with Crippen molar-refractivity contribution >= 4 is 16.5 Å². The van der Waals surface area contributed by atoms with Gasteiger partial charge < -0.3 is 10.1 Å². The molecule has 1 heterocycles. The van der Waals surface area contributed by atoms with Crippen LogP contribution >= 0.6 is 11.3 Å². The van der Waals surface area contributed by atoms with E-state index in [1.165, 1.54) is 30.4 Å². The number of nitrogens with one attached hydrogen (secondary N) is 1. The molecule has 0 radical (unpaired) electrons. The van der Waals surface area contributed by atoms with Crippen LogP contribution in [0.15, 0.2) is 18.2 Å². The molecule has 4 nitrogen and oxygen atoms in total. The van der Waals surface area contributed by atoms with Crippen molar-refractivity contribution in [2.45, 2.75) is 32.8 Å². The molecule has 0 atom stereocenters. The molecule has 100 valence electrons. The number of ether oxygens (including phenoxy) is 1. The second kappa shape index (κ2) is 5.57. The third kappa shape index (κ3) is 2.87. The Morgan fingerprint density at radius 2 is 2.16 bits per heavy atom. The van der Waals surface area contributed by atoms with Crippen LogP contribution in [0.1, 0.15) is 29.5 Å². The fourth-order valence-corrected chi connectivity index (χ4v) is 3.04. The molecule has 1 aromatic carbocycles. The van der Waals surface area contributed by atoms with Gasteiger partial charge in [-0.2, -0.15) is 0 Å². The quantitative estimate of drug-likeness (QED) is 0.911. The monoisotopic (exact) mass is 275 g/mol. The molecule has 0 saturated heterocycles. The number of anilines is 1. The Balaban J connectivity index is 1.62. The SMILES string of the molecule is CCNc1nnc(COc2ccc3c(c2)CCC3)s1. The van der Waals surface area contributed by atoms with Crippen molar-refractivity contribution in [3.05, 3.63) is 34.3 Å². The van der Waals surface area contributed by atoms with Crippen molar-refractivity contribution < 1.29 is 4.74 Å². The van der Waals surface area contributed by atoms with Gasteiger partial charge in [0.25, 0.3) is 0 Å². The van der Waals surface area contributed by atoms with Gasteiger partial charge in [-0.3, -0.25) is 0 Å². The summed E-state index contributed by atoms with van der Waals surface area (Å²) in [5.41, 5.74) is 2.90. The molecular formula is C14H17N3OS. The fraction of sp³-hybridized carbons (Fsp3) is 0.429. The number of hydrogen-bond acceptors (Lipinski definition) is 5. The number of rotatable bonds is 5. The smallest absolute Gasteiger partial charge is 0.205 e. The van der Waals surface area contributed by atoms with Gasteiger partial charge in [0.05, 0.1) is 0 Å². The second-order valence-electron chi connectivity index (χ2n) is 4.60. The lowest BCUT2D eigenvalue weighted by Crippen LogP contribution is -1.95. The van der Waals surface area contributed by atoms with E-state index in [1.54, 1.807) is 11.3 Å². The number of nitrogens with zero attached hydrogens (tertiary/aromatic N) is 2. The zero-order valence-electron chi connectivity index (χ0n) is 11.0. The van der Waals surface area contributed by atoms with Crippen molar-refractivity contribution in [3.63, 3.8) is 0 Å². The minimum atomic E-state index is 0.488. The van der Waals surface area contributed by atoms with E-state index in [-0.39, 0.29) is 0 Å². The van der Waals surface area contributed by atoms with E-state index >= 15 is 0 Å². The predicted molar refractivity (Wildman–Crippen MR) is 76.9 cm³/mol. The Kier molecular flexibility index (Phi) is 3.64. The topological polar surface area (TPSA) is 47.0 Å².